The van der Waals surface area contributed by atoms with Gasteiger partial charge in [-0.15, -0.1) is 0 Å². The number of unbranched alkanes of at least 4 members (excludes halogenated alkanes) is 44. The number of rotatable bonds is 55. The Morgan fingerprint density at radius 1 is 0.338 bits per heavy atom. The first-order chi connectivity index (χ1) is 32.0. The minimum absolute atomic E-state index is 0.187. The second kappa shape index (κ2) is 53.9. The number of hydrogen-bond acceptors (Lipinski definition) is 6. The molecule has 0 aliphatic heterocycles. The minimum atomic E-state index is -1.14. The molecule has 0 heterocycles. The van der Waals surface area contributed by atoms with Crippen LogP contribution < -0.4 is 0 Å². The van der Waals surface area contributed by atoms with Crippen LogP contribution in [0.15, 0.2) is 0 Å². The van der Waals surface area contributed by atoms with E-state index in [4.69, 9.17) is 21.7 Å². The van der Waals surface area contributed by atoms with Crippen LogP contribution in [-0.2, 0) is 19.1 Å². The molecule has 386 valence electrons. The zero-order valence-electron chi connectivity index (χ0n) is 44.2. The van der Waals surface area contributed by atoms with Gasteiger partial charge in [-0.1, -0.05) is 316 Å². The van der Waals surface area contributed by atoms with Gasteiger partial charge in [-0.25, -0.2) is 0 Å². The zero-order chi connectivity index (χ0) is 47.4. The maximum atomic E-state index is 13.0. The topological polar surface area (TPSA) is 72.8 Å². The summed E-state index contributed by atoms with van der Waals surface area (Å²) in [6.45, 7) is 6.65. The Morgan fingerprint density at radius 2 is 0.554 bits per heavy atom. The summed E-state index contributed by atoms with van der Waals surface area (Å²) >= 11 is 5.80. The molecule has 0 aliphatic rings. The molecule has 0 spiro atoms. The lowest BCUT2D eigenvalue weighted by Crippen LogP contribution is -2.40. The van der Waals surface area contributed by atoms with Crippen LogP contribution >= 0.6 is 12.2 Å². The summed E-state index contributed by atoms with van der Waals surface area (Å²) in [5, 5.41) is 11.2. The van der Waals surface area contributed by atoms with Gasteiger partial charge >= 0.3 is 11.9 Å². The van der Waals surface area contributed by atoms with Crippen LogP contribution in [0.25, 0.3) is 0 Å². The molecule has 0 aromatic heterocycles. The van der Waals surface area contributed by atoms with Crippen LogP contribution in [0, 0.1) is 0 Å². The molecule has 0 saturated heterocycles. The molecule has 65 heavy (non-hydrogen) atoms. The summed E-state index contributed by atoms with van der Waals surface area (Å²) in [6.07, 6.45) is 60.2. The molecule has 0 saturated carbocycles. The molecule has 6 heteroatoms. The van der Waals surface area contributed by atoms with Crippen molar-refractivity contribution < 1.29 is 24.2 Å². The van der Waals surface area contributed by atoms with Crippen molar-refractivity contribution in [1.82, 2.24) is 0 Å². The molecule has 0 amide bonds. The lowest BCUT2D eigenvalue weighted by molar-refractivity contribution is -0.156. The van der Waals surface area contributed by atoms with E-state index in [0.29, 0.717) is 24.1 Å². The predicted octanol–water partition coefficient (Wildman–Crippen LogP) is 19.7. The van der Waals surface area contributed by atoms with E-state index in [9.17, 15) is 14.7 Å². The Kier molecular flexibility index (Phi) is 53.1. The monoisotopic (exact) mass is 935 g/mol. The fourth-order valence-electron chi connectivity index (χ4n) is 9.34. The summed E-state index contributed by atoms with van der Waals surface area (Å²) in [6, 6.07) is 0. The third-order valence-corrected chi connectivity index (χ3v) is 14.3. The molecule has 0 rings (SSSR count). The molecule has 1 N–H and O–H groups in total. The fraction of sp³-hybridized carbons (Fsp3) is 0.949. The van der Waals surface area contributed by atoms with Gasteiger partial charge in [-0.2, -0.15) is 0 Å². The van der Waals surface area contributed by atoms with Gasteiger partial charge in [-0.05, 0) is 25.7 Å². The van der Waals surface area contributed by atoms with Gasteiger partial charge in [0.1, 0.15) is 12.7 Å². The quantitative estimate of drug-likeness (QED) is 0.0372. The Morgan fingerprint density at radius 3 is 0.815 bits per heavy atom. The number of carbonyl (C=O) groups is 2. The summed E-state index contributed by atoms with van der Waals surface area (Å²) in [7, 11) is 0. The highest BCUT2D eigenvalue weighted by molar-refractivity contribution is 7.80. The van der Waals surface area contributed by atoms with Gasteiger partial charge in [0.2, 0.25) is 0 Å². The van der Waals surface area contributed by atoms with Gasteiger partial charge in [-0.3, -0.25) is 9.59 Å². The van der Waals surface area contributed by atoms with Crippen molar-refractivity contribution in [2.75, 3.05) is 6.61 Å². The molecular formula is C59H114O5S. The predicted molar refractivity (Wildman–Crippen MR) is 287 cm³/mol. The number of carbonyl (C=O) groups excluding carboxylic acids is 2. The number of hydrogen-bond donors (Lipinski definition) is 1. The second-order valence-corrected chi connectivity index (χ2v) is 21.0. The minimum Gasteiger partial charge on any atom is -0.463 e. The first-order valence-electron chi connectivity index (χ1n) is 29.5. The fourth-order valence-corrected chi connectivity index (χ4v) is 9.69. The van der Waals surface area contributed by atoms with Gasteiger partial charge in [0, 0.05) is 17.7 Å². The van der Waals surface area contributed by atoms with E-state index >= 15 is 0 Å². The SMILES string of the molecule is CCCCCCCCCCCCCCCCCCCCCCCC(=S)C(OC(=O)CCCCCCCCCCCCCCC)C(O)COC(=O)CCCCCCCCCCCCCCC. The van der Waals surface area contributed by atoms with Gasteiger partial charge in [0.05, 0.1) is 0 Å². The lowest BCUT2D eigenvalue weighted by atomic mass is 10.0. The van der Waals surface area contributed by atoms with E-state index < -0.39 is 12.2 Å². The molecule has 0 fully saturated rings. The molecule has 0 aliphatic carbocycles. The van der Waals surface area contributed by atoms with E-state index in [-0.39, 0.29) is 18.5 Å². The number of aliphatic hydroxyl groups excluding tert-OH is 1. The van der Waals surface area contributed by atoms with Crippen LogP contribution in [0.4, 0.5) is 0 Å². The van der Waals surface area contributed by atoms with E-state index in [2.05, 4.69) is 20.8 Å². The normalized spacial score (nSPS) is 12.4. The van der Waals surface area contributed by atoms with Crippen molar-refractivity contribution in [2.24, 2.45) is 0 Å². The average molecular weight is 936 g/mol. The second-order valence-electron chi connectivity index (χ2n) is 20.4. The summed E-state index contributed by atoms with van der Waals surface area (Å²) in [4.78, 5) is 26.2. The van der Waals surface area contributed by atoms with Gasteiger partial charge in [0.25, 0.3) is 0 Å². The Bertz CT molecular complexity index is 986. The van der Waals surface area contributed by atoms with Crippen LogP contribution in [0.2, 0.25) is 0 Å². The van der Waals surface area contributed by atoms with Crippen molar-refractivity contribution in [3.8, 4) is 0 Å². The number of esters is 2. The highest BCUT2D eigenvalue weighted by Gasteiger charge is 2.28. The molecule has 0 aromatic carbocycles. The maximum absolute atomic E-state index is 13.0. The lowest BCUT2D eigenvalue weighted by Gasteiger charge is -2.24. The van der Waals surface area contributed by atoms with E-state index in [0.717, 1.165) is 51.4 Å². The maximum Gasteiger partial charge on any atom is 0.306 e. The molecule has 0 radical (unpaired) electrons. The summed E-state index contributed by atoms with van der Waals surface area (Å²) in [5.74, 6) is -0.601. The molecular weight excluding hydrogens is 821 g/mol. The van der Waals surface area contributed by atoms with Crippen molar-refractivity contribution in [2.45, 2.75) is 354 Å². The van der Waals surface area contributed by atoms with Crippen LogP contribution in [0.5, 0.6) is 0 Å². The molecule has 5 nitrogen and oxygen atoms in total. The molecule has 2 atom stereocenters. The molecule has 2 unspecified atom stereocenters. The van der Waals surface area contributed by atoms with Gasteiger partial charge in [0.15, 0.2) is 6.10 Å². The molecule has 0 bridgehead atoms. The zero-order valence-corrected chi connectivity index (χ0v) is 45.0. The third kappa shape index (κ3) is 49.2. The standard InChI is InChI=1S/C59H114O5S/c1-4-7-10-13-16-19-22-25-26-27-28-29-30-31-32-35-36-39-42-45-48-51-56(65)59(64-58(62)53-50-47-44-41-38-34-24-21-18-15-12-9-6-3)55(60)54-63-57(61)52-49-46-43-40-37-33-23-20-17-14-11-8-5-2/h55,59-60H,4-54H2,1-3H3. The van der Waals surface area contributed by atoms with Crippen molar-refractivity contribution >= 4 is 29.0 Å². The largest absolute Gasteiger partial charge is 0.463 e. The Balaban J connectivity index is 4.37. The number of aliphatic hydroxyl groups is 1. The molecule has 0 aromatic rings. The van der Waals surface area contributed by atoms with Crippen LogP contribution in [0.1, 0.15) is 342 Å². The smallest absolute Gasteiger partial charge is 0.306 e. The third-order valence-electron chi connectivity index (χ3n) is 13.8. The Hall–Kier alpha value is -1.01. The van der Waals surface area contributed by atoms with Crippen molar-refractivity contribution in [3.63, 3.8) is 0 Å². The summed E-state index contributed by atoms with van der Waals surface area (Å²) in [5.41, 5.74) is 0. The van der Waals surface area contributed by atoms with Crippen LogP contribution in [-0.4, -0.2) is 40.7 Å². The number of ether oxygens (including phenoxy) is 2. The highest BCUT2D eigenvalue weighted by atomic mass is 32.1. The Labute approximate surface area is 412 Å². The summed E-state index contributed by atoms with van der Waals surface area (Å²) < 4.78 is 11.4. The number of thiocarbonyl (C=S) groups is 1. The van der Waals surface area contributed by atoms with Crippen molar-refractivity contribution in [1.29, 1.82) is 0 Å². The van der Waals surface area contributed by atoms with E-state index in [1.54, 1.807) is 0 Å². The van der Waals surface area contributed by atoms with Crippen LogP contribution in [0.3, 0.4) is 0 Å². The first-order valence-corrected chi connectivity index (χ1v) is 29.9. The van der Waals surface area contributed by atoms with E-state index in [1.807, 2.05) is 0 Å². The van der Waals surface area contributed by atoms with Crippen molar-refractivity contribution in [3.05, 3.63) is 0 Å². The average Bonchev–Trinajstić information content (AvgIpc) is 3.30. The van der Waals surface area contributed by atoms with E-state index in [1.165, 1.54) is 250 Å². The first kappa shape index (κ1) is 64.0. The highest BCUT2D eigenvalue weighted by Crippen LogP contribution is 2.19. The van der Waals surface area contributed by atoms with Gasteiger partial charge < -0.3 is 14.6 Å².